The highest BCUT2D eigenvalue weighted by Crippen LogP contribution is 2.27. The van der Waals surface area contributed by atoms with E-state index in [9.17, 15) is 22.8 Å². The Balaban J connectivity index is 1.84. The first kappa shape index (κ1) is 18.7. The second-order valence-corrected chi connectivity index (χ2v) is 5.88. The second kappa shape index (κ2) is 7.48. The predicted octanol–water partition coefficient (Wildman–Crippen LogP) is 2.61. The molecule has 1 fully saturated rings. The summed E-state index contributed by atoms with van der Waals surface area (Å²) in [6.45, 7) is -0.636. The normalized spacial score (nSPS) is 15.4. The van der Waals surface area contributed by atoms with Gasteiger partial charge < -0.3 is 14.5 Å². The fourth-order valence-electron chi connectivity index (χ4n) is 2.16. The molecule has 1 aromatic rings. The van der Waals surface area contributed by atoms with Crippen LogP contribution in [0.1, 0.15) is 0 Å². The largest absolute Gasteiger partial charge is 0.482 e. The first-order valence-electron chi connectivity index (χ1n) is 6.90. The van der Waals surface area contributed by atoms with Gasteiger partial charge in [0.05, 0.1) is 5.02 Å². The molecule has 5 nitrogen and oxygen atoms in total. The third-order valence-corrected chi connectivity index (χ3v) is 3.94. The Kier molecular flexibility index (Phi) is 5.82. The molecule has 0 radical (unpaired) electrons. The molecule has 1 heterocycles. The molecule has 0 bridgehead atoms. The minimum absolute atomic E-state index is 0.0123. The van der Waals surface area contributed by atoms with Crippen molar-refractivity contribution in [3.8, 4) is 5.75 Å². The first-order chi connectivity index (χ1) is 11.2. The van der Waals surface area contributed by atoms with Crippen molar-refractivity contribution in [2.24, 2.45) is 0 Å². The van der Waals surface area contributed by atoms with Crippen LogP contribution in [0.25, 0.3) is 0 Å². The van der Waals surface area contributed by atoms with E-state index >= 15 is 0 Å². The van der Waals surface area contributed by atoms with E-state index in [2.05, 4.69) is 0 Å². The number of ether oxygens (including phenoxy) is 1. The maximum atomic E-state index is 12.4. The van der Waals surface area contributed by atoms with Crippen LogP contribution in [-0.4, -0.2) is 60.6 Å². The molecule has 132 valence electrons. The summed E-state index contributed by atoms with van der Waals surface area (Å²) in [4.78, 5) is 25.2. The minimum atomic E-state index is -4.90. The van der Waals surface area contributed by atoms with E-state index in [-0.39, 0.29) is 43.6 Å². The summed E-state index contributed by atoms with van der Waals surface area (Å²) in [7, 11) is 0. The Morgan fingerprint density at radius 2 is 1.67 bits per heavy atom. The quantitative estimate of drug-likeness (QED) is 0.804. The highest BCUT2D eigenvalue weighted by atomic mass is 35.5. The molecular weight excluding hydrogens is 372 g/mol. The Morgan fingerprint density at radius 1 is 1.08 bits per heavy atom. The number of carbonyl (C=O) groups excluding carboxylic acids is 2. The lowest BCUT2D eigenvalue weighted by molar-refractivity contribution is -0.187. The molecular formula is C14H13Cl2F3N2O3. The van der Waals surface area contributed by atoms with Gasteiger partial charge in [0, 0.05) is 31.2 Å². The lowest BCUT2D eigenvalue weighted by Gasteiger charge is -2.34. The molecule has 1 aliphatic rings. The Hall–Kier alpha value is -1.67. The van der Waals surface area contributed by atoms with E-state index in [1.54, 1.807) is 6.07 Å². The number of amides is 2. The van der Waals surface area contributed by atoms with Crippen molar-refractivity contribution >= 4 is 35.0 Å². The second-order valence-electron chi connectivity index (χ2n) is 5.03. The van der Waals surface area contributed by atoms with E-state index in [1.807, 2.05) is 0 Å². The molecule has 0 N–H and O–H groups in total. The smallest absolute Gasteiger partial charge is 0.471 e. The van der Waals surface area contributed by atoms with Crippen LogP contribution in [0.4, 0.5) is 13.2 Å². The Labute approximate surface area is 145 Å². The van der Waals surface area contributed by atoms with Gasteiger partial charge in [-0.2, -0.15) is 13.2 Å². The molecule has 2 rings (SSSR count). The van der Waals surface area contributed by atoms with Crippen LogP contribution in [-0.2, 0) is 9.59 Å². The van der Waals surface area contributed by atoms with Crippen LogP contribution in [0.3, 0.4) is 0 Å². The minimum Gasteiger partial charge on any atom is -0.482 e. The van der Waals surface area contributed by atoms with E-state index in [1.165, 1.54) is 17.0 Å². The van der Waals surface area contributed by atoms with Crippen LogP contribution in [0.2, 0.25) is 10.0 Å². The number of hydrogen-bond donors (Lipinski definition) is 0. The molecule has 0 saturated carbocycles. The predicted molar refractivity (Wildman–Crippen MR) is 81.2 cm³/mol. The van der Waals surface area contributed by atoms with Gasteiger partial charge in [-0.25, -0.2) is 0 Å². The highest BCUT2D eigenvalue weighted by Gasteiger charge is 2.43. The summed E-state index contributed by atoms with van der Waals surface area (Å²) in [5.74, 6) is -2.01. The number of carbonyl (C=O) groups is 2. The van der Waals surface area contributed by atoms with Gasteiger partial charge in [0.25, 0.3) is 5.91 Å². The number of hydrogen-bond acceptors (Lipinski definition) is 3. The lowest BCUT2D eigenvalue weighted by Crippen LogP contribution is -2.54. The van der Waals surface area contributed by atoms with Crippen LogP contribution < -0.4 is 4.74 Å². The standard InChI is InChI=1S/C14H13Cl2F3N2O3/c15-9-1-2-11(10(16)7-9)24-8-12(22)20-3-5-21(6-4-20)13(23)14(17,18)19/h1-2,7H,3-6,8H2. The number of nitrogens with zero attached hydrogens (tertiary/aromatic N) is 2. The van der Waals surface area contributed by atoms with Crippen molar-refractivity contribution in [2.45, 2.75) is 6.18 Å². The summed E-state index contributed by atoms with van der Waals surface area (Å²) >= 11 is 11.7. The summed E-state index contributed by atoms with van der Waals surface area (Å²) < 4.78 is 42.3. The number of halogens is 5. The molecule has 1 saturated heterocycles. The van der Waals surface area contributed by atoms with Gasteiger partial charge in [-0.15, -0.1) is 0 Å². The molecule has 0 aliphatic carbocycles. The fraction of sp³-hybridized carbons (Fsp3) is 0.429. The SMILES string of the molecule is O=C(COc1ccc(Cl)cc1Cl)N1CCN(C(=O)C(F)(F)F)CC1. The van der Waals surface area contributed by atoms with Crippen LogP contribution in [0.5, 0.6) is 5.75 Å². The highest BCUT2D eigenvalue weighted by molar-refractivity contribution is 6.35. The van der Waals surface area contributed by atoms with Gasteiger partial charge in [-0.05, 0) is 18.2 Å². The van der Waals surface area contributed by atoms with Crippen LogP contribution in [0, 0.1) is 0 Å². The maximum Gasteiger partial charge on any atom is 0.471 e. The van der Waals surface area contributed by atoms with Crippen LogP contribution in [0.15, 0.2) is 18.2 Å². The number of benzene rings is 1. The van der Waals surface area contributed by atoms with Gasteiger partial charge in [0.15, 0.2) is 6.61 Å². The zero-order chi connectivity index (χ0) is 17.9. The number of piperazine rings is 1. The first-order valence-corrected chi connectivity index (χ1v) is 7.66. The average molecular weight is 385 g/mol. The monoisotopic (exact) mass is 384 g/mol. The zero-order valence-electron chi connectivity index (χ0n) is 12.3. The summed E-state index contributed by atoms with van der Waals surface area (Å²) in [6.07, 6.45) is -4.90. The van der Waals surface area contributed by atoms with Gasteiger partial charge in [-0.1, -0.05) is 23.2 Å². The van der Waals surface area contributed by atoms with E-state index in [0.29, 0.717) is 9.92 Å². The topological polar surface area (TPSA) is 49.9 Å². The Morgan fingerprint density at radius 3 is 2.21 bits per heavy atom. The average Bonchev–Trinajstić information content (AvgIpc) is 2.52. The van der Waals surface area contributed by atoms with Crippen molar-refractivity contribution < 1.29 is 27.5 Å². The Bertz CT molecular complexity index is 632. The molecule has 0 aromatic heterocycles. The summed E-state index contributed by atoms with van der Waals surface area (Å²) in [5.41, 5.74) is 0. The summed E-state index contributed by atoms with van der Waals surface area (Å²) in [5, 5.41) is 0.667. The van der Waals surface area contributed by atoms with Crippen molar-refractivity contribution in [2.75, 3.05) is 32.8 Å². The van der Waals surface area contributed by atoms with Gasteiger partial charge in [-0.3, -0.25) is 9.59 Å². The van der Waals surface area contributed by atoms with Crippen molar-refractivity contribution in [3.05, 3.63) is 28.2 Å². The van der Waals surface area contributed by atoms with E-state index < -0.39 is 18.0 Å². The molecule has 0 spiro atoms. The maximum absolute atomic E-state index is 12.4. The fourth-order valence-corrected chi connectivity index (χ4v) is 2.62. The van der Waals surface area contributed by atoms with Crippen molar-refractivity contribution in [3.63, 3.8) is 0 Å². The van der Waals surface area contributed by atoms with Gasteiger partial charge >= 0.3 is 12.1 Å². The molecule has 0 unspecified atom stereocenters. The van der Waals surface area contributed by atoms with E-state index in [0.717, 1.165) is 0 Å². The third kappa shape index (κ3) is 4.67. The lowest BCUT2D eigenvalue weighted by atomic mass is 10.3. The van der Waals surface area contributed by atoms with Crippen molar-refractivity contribution in [1.29, 1.82) is 0 Å². The van der Waals surface area contributed by atoms with Gasteiger partial charge in [0.2, 0.25) is 0 Å². The molecule has 1 aromatic carbocycles. The molecule has 2 amide bonds. The third-order valence-electron chi connectivity index (χ3n) is 3.41. The molecule has 0 atom stereocenters. The van der Waals surface area contributed by atoms with Gasteiger partial charge in [0.1, 0.15) is 5.75 Å². The summed E-state index contributed by atoms with van der Waals surface area (Å²) in [6, 6.07) is 4.52. The van der Waals surface area contributed by atoms with Crippen LogP contribution >= 0.6 is 23.2 Å². The zero-order valence-corrected chi connectivity index (χ0v) is 13.8. The number of rotatable bonds is 3. The van der Waals surface area contributed by atoms with Crippen molar-refractivity contribution in [1.82, 2.24) is 9.80 Å². The van der Waals surface area contributed by atoms with E-state index in [4.69, 9.17) is 27.9 Å². The number of alkyl halides is 3. The molecule has 10 heteroatoms. The molecule has 24 heavy (non-hydrogen) atoms. The molecule has 1 aliphatic heterocycles.